The Hall–Kier alpha value is -2.42. The summed E-state index contributed by atoms with van der Waals surface area (Å²) in [6.45, 7) is 10.9. The zero-order valence-corrected chi connectivity index (χ0v) is 34.8. The number of anilines is 2. The molecule has 52 heavy (non-hydrogen) atoms. The molecule has 1 unspecified atom stereocenters. The Bertz CT molecular complexity index is 1690. The quantitative estimate of drug-likeness (QED) is 0.118. The number of hydrogen-bond acceptors (Lipinski definition) is 4. The molecular formula is C41H52Cl4N4O2S. The van der Waals surface area contributed by atoms with Crippen LogP contribution in [0.25, 0.3) is 0 Å². The maximum atomic E-state index is 14.2. The van der Waals surface area contributed by atoms with Crippen molar-refractivity contribution < 1.29 is 9.59 Å². The SMILES string of the molecule is CCCCCCCCCCCCCC(=O)Nc1ccc(Cl)c(N=C2NN(c3c(Cl)cc(Cl)cc3Cl)C(=O)C2Sc2ccc(C(C)C)cc2C(C)C)c1. The molecule has 1 aliphatic heterocycles. The third-order valence-corrected chi connectivity index (χ3v) is 11.6. The maximum absolute atomic E-state index is 14.2. The topological polar surface area (TPSA) is 73.8 Å². The lowest BCUT2D eigenvalue weighted by molar-refractivity contribution is -0.117. The van der Waals surface area contributed by atoms with E-state index in [0.717, 1.165) is 29.7 Å². The first kappa shape index (κ1) is 42.3. The molecule has 0 radical (unpaired) electrons. The summed E-state index contributed by atoms with van der Waals surface area (Å²) in [6, 6.07) is 14.7. The molecule has 3 aromatic carbocycles. The van der Waals surface area contributed by atoms with Crippen molar-refractivity contribution in [2.24, 2.45) is 4.99 Å². The van der Waals surface area contributed by atoms with Crippen molar-refractivity contribution in [3.05, 3.63) is 79.7 Å². The second-order valence-corrected chi connectivity index (χ2v) is 16.9. The fraction of sp³-hybridized carbons (Fsp3) is 0.488. The number of aliphatic imine (C=N–C) groups is 1. The highest BCUT2D eigenvalue weighted by Crippen LogP contribution is 2.42. The molecule has 1 atom stereocenters. The van der Waals surface area contributed by atoms with E-state index in [0.29, 0.717) is 39.6 Å². The summed E-state index contributed by atoms with van der Waals surface area (Å²) in [4.78, 5) is 32.9. The van der Waals surface area contributed by atoms with Gasteiger partial charge in [0.15, 0.2) is 0 Å². The molecule has 6 nitrogen and oxygen atoms in total. The van der Waals surface area contributed by atoms with Gasteiger partial charge in [-0.1, -0.05) is 157 Å². The van der Waals surface area contributed by atoms with Crippen molar-refractivity contribution in [1.82, 2.24) is 5.43 Å². The first-order chi connectivity index (χ1) is 24.9. The van der Waals surface area contributed by atoms with E-state index in [4.69, 9.17) is 51.4 Å². The van der Waals surface area contributed by atoms with Crippen LogP contribution in [0.2, 0.25) is 20.1 Å². The number of rotatable bonds is 19. The van der Waals surface area contributed by atoms with Crippen LogP contribution < -0.4 is 15.8 Å². The lowest BCUT2D eigenvalue weighted by Gasteiger charge is -2.19. The second-order valence-electron chi connectivity index (χ2n) is 14.1. The predicted octanol–water partition coefficient (Wildman–Crippen LogP) is 13.9. The first-order valence-corrected chi connectivity index (χ1v) is 21.0. The number of halogens is 4. The van der Waals surface area contributed by atoms with Crippen LogP contribution in [0.3, 0.4) is 0 Å². The molecule has 0 aromatic heterocycles. The largest absolute Gasteiger partial charge is 0.326 e. The fourth-order valence-corrected chi connectivity index (χ4v) is 8.56. The van der Waals surface area contributed by atoms with Crippen LogP contribution in [0.4, 0.5) is 17.1 Å². The predicted molar refractivity (Wildman–Crippen MR) is 225 cm³/mol. The van der Waals surface area contributed by atoms with E-state index in [1.54, 1.807) is 18.2 Å². The van der Waals surface area contributed by atoms with Gasteiger partial charge in [-0.25, -0.2) is 10.0 Å². The Balaban J connectivity index is 1.50. The van der Waals surface area contributed by atoms with Gasteiger partial charge in [0.2, 0.25) is 5.91 Å². The Morgan fingerprint density at radius 1 is 0.808 bits per heavy atom. The van der Waals surface area contributed by atoms with Crippen molar-refractivity contribution in [3.8, 4) is 0 Å². The van der Waals surface area contributed by atoms with E-state index in [2.05, 4.69) is 63.6 Å². The van der Waals surface area contributed by atoms with Crippen LogP contribution in [0.5, 0.6) is 0 Å². The van der Waals surface area contributed by atoms with Crippen molar-refractivity contribution in [2.75, 3.05) is 10.3 Å². The number of nitrogens with one attached hydrogen (secondary N) is 2. The molecule has 3 aromatic rings. The molecule has 11 heteroatoms. The van der Waals surface area contributed by atoms with Crippen LogP contribution in [0.15, 0.2) is 58.4 Å². The van der Waals surface area contributed by atoms with E-state index in [1.807, 2.05) is 0 Å². The number of benzene rings is 3. The monoisotopic (exact) mass is 804 g/mol. The molecule has 1 heterocycles. The third kappa shape index (κ3) is 12.0. The molecule has 0 bridgehead atoms. The molecule has 2 N–H and O–H groups in total. The summed E-state index contributed by atoms with van der Waals surface area (Å²) in [5, 5.41) is 4.70. The summed E-state index contributed by atoms with van der Waals surface area (Å²) in [5.74, 6) is 0.588. The number of nitrogens with zero attached hydrogens (tertiary/aromatic N) is 2. The number of hydrogen-bond donors (Lipinski definition) is 2. The molecule has 1 fully saturated rings. The molecule has 2 amide bonds. The van der Waals surface area contributed by atoms with E-state index >= 15 is 0 Å². The van der Waals surface area contributed by atoms with Crippen molar-refractivity contribution in [2.45, 2.75) is 134 Å². The minimum absolute atomic E-state index is 0.0521. The number of hydrazine groups is 1. The average Bonchev–Trinajstić information content (AvgIpc) is 3.37. The van der Waals surface area contributed by atoms with Gasteiger partial charge in [0.05, 0.1) is 20.8 Å². The summed E-state index contributed by atoms with van der Waals surface area (Å²) in [6.07, 6.45) is 13.9. The maximum Gasteiger partial charge on any atom is 0.267 e. The van der Waals surface area contributed by atoms with Gasteiger partial charge in [-0.05, 0) is 65.8 Å². The highest BCUT2D eigenvalue weighted by molar-refractivity contribution is 8.01. The minimum atomic E-state index is -0.777. The fourth-order valence-electron chi connectivity index (χ4n) is 6.16. The van der Waals surface area contributed by atoms with Gasteiger partial charge in [-0.3, -0.25) is 15.0 Å². The van der Waals surface area contributed by atoms with Crippen LogP contribution >= 0.6 is 58.2 Å². The second kappa shape index (κ2) is 20.9. The Morgan fingerprint density at radius 3 is 2.02 bits per heavy atom. The summed E-state index contributed by atoms with van der Waals surface area (Å²) in [7, 11) is 0. The van der Waals surface area contributed by atoms with E-state index in [1.165, 1.54) is 85.8 Å². The summed E-state index contributed by atoms with van der Waals surface area (Å²) in [5.41, 5.74) is 6.80. The van der Waals surface area contributed by atoms with Crippen LogP contribution in [0.1, 0.15) is 135 Å². The number of carbonyl (C=O) groups is 2. The van der Waals surface area contributed by atoms with E-state index < -0.39 is 5.25 Å². The highest BCUT2D eigenvalue weighted by atomic mass is 35.5. The standard InChI is InChI=1S/C41H52Cl4N4O2S/c1-6-7-8-9-10-11-12-13-14-15-16-17-37(50)46-30-19-20-32(43)35(25-30)47-40-39(52-36-21-18-28(26(2)3)22-31(36)27(4)5)41(51)49(48-40)38-33(44)23-29(42)24-34(38)45/h18-27,39H,6-17H2,1-5H3,(H,46,50)(H,47,48). The number of amidine groups is 1. The van der Waals surface area contributed by atoms with Gasteiger partial charge in [0, 0.05) is 22.0 Å². The zero-order valence-electron chi connectivity index (χ0n) is 31.0. The van der Waals surface area contributed by atoms with E-state index in [-0.39, 0.29) is 33.5 Å². The molecule has 4 rings (SSSR count). The molecule has 282 valence electrons. The first-order valence-electron chi connectivity index (χ1n) is 18.6. The van der Waals surface area contributed by atoms with Crippen LogP contribution in [-0.2, 0) is 9.59 Å². The number of thioether (sulfide) groups is 1. The van der Waals surface area contributed by atoms with Crippen LogP contribution in [-0.4, -0.2) is 22.9 Å². The summed E-state index contributed by atoms with van der Waals surface area (Å²) >= 11 is 27.4. The molecule has 0 aliphatic carbocycles. The van der Waals surface area contributed by atoms with Crippen molar-refractivity contribution >= 4 is 92.9 Å². The summed E-state index contributed by atoms with van der Waals surface area (Å²) < 4.78 is 0. The molecule has 1 saturated heterocycles. The lowest BCUT2D eigenvalue weighted by Crippen LogP contribution is -2.36. The Kier molecular flexibility index (Phi) is 17.0. The van der Waals surface area contributed by atoms with Crippen LogP contribution in [0, 0.1) is 0 Å². The smallest absolute Gasteiger partial charge is 0.267 e. The molecule has 0 saturated carbocycles. The Morgan fingerprint density at radius 2 is 1.42 bits per heavy atom. The molecular weight excluding hydrogens is 754 g/mol. The zero-order chi connectivity index (χ0) is 37.8. The van der Waals surface area contributed by atoms with Gasteiger partial charge in [0.25, 0.3) is 5.91 Å². The van der Waals surface area contributed by atoms with Gasteiger partial charge >= 0.3 is 0 Å². The lowest BCUT2D eigenvalue weighted by atomic mass is 9.96. The van der Waals surface area contributed by atoms with Gasteiger partial charge < -0.3 is 5.32 Å². The van der Waals surface area contributed by atoms with Crippen molar-refractivity contribution in [1.29, 1.82) is 0 Å². The van der Waals surface area contributed by atoms with Gasteiger partial charge in [-0.2, -0.15) is 0 Å². The molecule has 1 aliphatic rings. The highest BCUT2D eigenvalue weighted by Gasteiger charge is 2.41. The number of carbonyl (C=O) groups excluding carboxylic acids is 2. The van der Waals surface area contributed by atoms with Gasteiger partial charge in [0.1, 0.15) is 16.8 Å². The van der Waals surface area contributed by atoms with Gasteiger partial charge in [-0.15, -0.1) is 11.8 Å². The van der Waals surface area contributed by atoms with Crippen molar-refractivity contribution in [3.63, 3.8) is 0 Å². The average molecular weight is 807 g/mol. The Labute approximate surface area is 334 Å². The normalized spacial score (nSPS) is 15.3. The molecule has 0 spiro atoms. The number of unbranched alkanes of at least 4 members (excludes halogenated alkanes) is 10. The number of amides is 2. The third-order valence-electron chi connectivity index (χ3n) is 9.17. The minimum Gasteiger partial charge on any atom is -0.326 e. The van der Waals surface area contributed by atoms with E-state index in [9.17, 15) is 9.59 Å².